The van der Waals surface area contributed by atoms with E-state index in [2.05, 4.69) is 10.2 Å². The van der Waals surface area contributed by atoms with Crippen molar-refractivity contribution in [3.05, 3.63) is 35.4 Å². The van der Waals surface area contributed by atoms with Gasteiger partial charge in [-0.2, -0.15) is 0 Å². The van der Waals surface area contributed by atoms with Crippen LogP contribution in [-0.4, -0.2) is 18.9 Å². The lowest BCUT2D eigenvalue weighted by molar-refractivity contribution is 0.0601. The summed E-state index contributed by atoms with van der Waals surface area (Å²) in [4.78, 5) is 11.0. The highest BCUT2D eigenvalue weighted by Crippen LogP contribution is 2.05. The number of benzene rings is 1. The Bertz CT molecular complexity index is 311. The van der Waals surface area contributed by atoms with E-state index in [1.165, 1.54) is 7.11 Å². The molecular formula is C9H11N3O2. The largest absolute Gasteiger partial charge is 0.465 e. The van der Waals surface area contributed by atoms with Crippen molar-refractivity contribution in [1.82, 2.24) is 5.43 Å². The monoisotopic (exact) mass is 193 g/mol. The first kappa shape index (κ1) is 10.2. The highest BCUT2D eigenvalue weighted by molar-refractivity contribution is 5.97. The van der Waals surface area contributed by atoms with E-state index in [-0.39, 0.29) is 5.84 Å². The minimum Gasteiger partial charge on any atom is -0.465 e. The van der Waals surface area contributed by atoms with Crippen molar-refractivity contribution in [3.63, 3.8) is 0 Å². The molecular weight excluding hydrogens is 182 g/mol. The lowest BCUT2D eigenvalue weighted by Gasteiger charge is -2.03. The summed E-state index contributed by atoms with van der Waals surface area (Å²) in [5.41, 5.74) is 3.27. The number of nitrogens with one attached hydrogen (secondary N) is 2. The molecule has 0 aliphatic heterocycles. The summed E-state index contributed by atoms with van der Waals surface area (Å²) < 4.78 is 4.53. The lowest BCUT2D eigenvalue weighted by atomic mass is 10.1. The molecule has 0 radical (unpaired) electrons. The van der Waals surface area contributed by atoms with Crippen molar-refractivity contribution >= 4 is 11.8 Å². The zero-order valence-electron chi connectivity index (χ0n) is 7.70. The van der Waals surface area contributed by atoms with Gasteiger partial charge in [0.1, 0.15) is 5.84 Å². The van der Waals surface area contributed by atoms with Crippen LogP contribution in [0.1, 0.15) is 15.9 Å². The molecule has 1 aromatic rings. The average Bonchev–Trinajstić information content (AvgIpc) is 2.27. The van der Waals surface area contributed by atoms with Crippen LogP contribution in [0, 0.1) is 5.41 Å². The Kier molecular flexibility index (Phi) is 3.19. The Balaban J connectivity index is 2.89. The van der Waals surface area contributed by atoms with E-state index < -0.39 is 5.97 Å². The zero-order chi connectivity index (χ0) is 10.6. The molecule has 1 rings (SSSR count). The third-order valence-electron chi connectivity index (χ3n) is 1.74. The molecule has 0 amide bonds. The molecule has 0 saturated heterocycles. The standard InChI is InChI=1S/C9H11N3O2/c1-14-9(13)7-4-2-6(3-5-7)8(10)12-11/h2-5H,11H2,1H3,(H2,10,12). The topological polar surface area (TPSA) is 88.2 Å². The molecule has 74 valence electrons. The van der Waals surface area contributed by atoms with Gasteiger partial charge in [0, 0.05) is 5.56 Å². The van der Waals surface area contributed by atoms with Crippen molar-refractivity contribution in [2.75, 3.05) is 7.11 Å². The third-order valence-corrected chi connectivity index (χ3v) is 1.74. The average molecular weight is 193 g/mol. The number of carbonyl (C=O) groups excluding carboxylic acids is 1. The number of ether oxygens (including phenoxy) is 1. The van der Waals surface area contributed by atoms with Crippen LogP contribution in [0.2, 0.25) is 0 Å². The Labute approximate surface area is 81.3 Å². The molecule has 5 nitrogen and oxygen atoms in total. The van der Waals surface area contributed by atoms with Gasteiger partial charge in [-0.1, -0.05) is 12.1 Å². The Morgan fingerprint density at radius 3 is 2.29 bits per heavy atom. The van der Waals surface area contributed by atoms with Crippen LogP contribution in [0.15, 0.2) is 24.3 Å². The van der Waals surface area contributed by atoms with Crippen LogP contribution in [0.5, 0.6) is 0 Å². The SMILES string of the molecule is COC(=O)c1ccc(C(=N)NN)cc1. The van der Waals surface area contributed by atoms with E-state index >= 15 is 0 Å². The highest BCUT2D eigenvalue weighted by atomic mass is 16.5. The molecule has 0 bridgehead atoms. The van der Waals surface area contributed by atoms with Crippen molar-refractivity contribution in [2.24, 2.45) is 5.84 Å². The maximum absolute atomic E-state index is 11.0. The fourth-order valence-electron chi connectivity index (χ4n) is 0.974. The molecule has 0 aliphatic rings. The van der Waals surface area contributed by atoms with Gasteiger partial charge in [-0.25, -0.2) is 10.6 Å². The van der Waals surface area contributed by atoms with Gasteiger partial charge in [-0.15, -0.1) is 0 Å². The van der Waals surface area contributed by atoms with Crippen LogP contribution in [0.4, 0.5) is 0 Å². The van der Waals surface area contributed by atoms with E-state index in [9.17, 15) is 4.79 Å². The molecule has 0 heterocycles. The van der Waals surface area contributed by atoms with Crippen molar-refractivity contribution in [1.29, 1.82) is 5.41 Å². The molecule has 0 unspecified atom stereocenters. The quantitative estimate of drug-likeness (QED) is 0.207. The molecule has 0 aliphatic carbocycles. The van der Waals surface area contributed by atoms with Crippen molar-refractivity contribution < 1.29 is 9.53 Å². The van der Waals surface area contributed by atoms with Crippen LogP contribution in [0.3, 0.4) is 0 Å². The van der Waals surface area contributed by atoms with Gasteiger partial charge in [0.25, 0.3) is 0 Å². The molecule has 1 aromatic carbocycles. The normalized spacial score (nSPS) is 9.29. The number of nitrogens with two attached hydrogens (primary N) is 1. The van der Waals surface area contributed by atoms with Gasteiger partial charge in [0.15, 0.2) is 0 Å². The van der Waals surface area contributed by atoms with Gasteiger partial charge in [0.05, 0.1) is 12.7 Å². The molecule has 4 N–H and O–H groups in total. The summed E-state index contributed by atoms with van der Waals surface area (Å²) in [6, 6.07) is 6.39. The number of hydrogen-bond donors (Lipinski definition) is 3. The van der Waals surface area contributed by atoms with Gasteiger partial charge in [-0.05, 0) is 12.1 Å². The Morgan fingerprint density at radius 1 is 1.36 bits per heavy atom. The Morgan fingerprint density at radius 2 is 1.86 bits per heavy atom. The molecule has 5 heteroatoms. The number of hydrazine groups is 1. The second-order valence-electron chi connectivity index (χ2n) is 2.59. The minimum atomic E-state index is -0.399. The molecule has 0 fully saturated rings. The molecule has 0 spiro atoms. The number of carbonyl (C=O) groups is 1. The number of amidine groups is 1. The number of hydrogen-bond acceptors (Lipinski definition) is 4. The maximum Gasteiger partial charge on any atom is 0.337 e. The smallest absolute Gasteiger partial charge is 0.337 e. The predicted octanol–water partition coefficient (Wildman–Crippen LogP) is 0.262. The Hall–Kier alpha value is -1.88. The summed E-state index contributed by atoms with van der Waals surface area (Å²) in [6.45, 7) is 0. The molecule has 0 atom stereocenters. The third kappa shape index (κ3) is 2.08. The number of esters is 1. The number of rotatable bonds is 2. The molecule has 14 heavy (non-hydrogen) atoms. The van der Waals surface area contributed by atoms with Crippen LogP contribution in [-0.2, 0) is 4.74 Å². The minimum absolute atomic E-state index is 0.0985. The van der Waals surface area contributed by atoms with Crippen LogP contribution >= 0.6 is 0 Å². The fraction of sp³-hybridized carbons (Fsp3) is 0.111. The molecule has 0 aromatic heterocycles. The summed E-state index contributed by atoms with van der Waals surface area (Å²) in [7, 11) is 1.32. The highest BCUT2D eigenvalue weighted by Gasteiger charge is 2.05. The second kappa shape index (κ2) is 4.38. The summed E-state index contributed by atoms with van der Waals surface area (Å²) in [5, 5.41) is 7.35. The summed E-state index contributed by atoms with van der Waals surface area (Å²) in [6.07, 6.45) is 0. The van der Waals surface area contributed by atoms with E-state index in [0.717, 1.165) is 0 Å². The summed E-state index contributed by atoms with van der Waals surface area (Å²) in [5.74, 6) is 4.76. The zero-order valence-corrected chi connectivity index (χ0v) is 7.70. The summed E-state index contributed by atoms with van der Waals surface area (Å²) >= 11 is 0. The van der Waals surface area contributed by atoms with Gasteiger partial charge in [0.2, 0.25) is 0 Å². The second-order valence-corrected chi connectivity index (χ2v) is 2.59. The first-order valence-corrected chi connectivity index (χ1v) is 3.93. The van der Waals surface area contributed by atoms with Crippen LogP contribution < -0.4 is 11.3 Å². The lowest BCUT2D eigenvalue weighted by Crippen LogP contribution is -2.29. The number of methoxy groups -OCH3 is 1. The first-order chi connectivity index (χ1) is 6.69. The molecule has 0 saturated carbocycles. The van der Waals surface area contributed by atoms with Gasteiger partial charge < -0.3 is 10.2 Å². The van der Waals surface area contributed by atoms with E-state index in [4.69, 9.17) is 11.3 Å². The van der Waals surface area contributed by atoms with E-state index in [1.54, 1.807) is 24.3 Å². The maximum atomic E-state index is 11.0. The van der Waals surface area contributed by atoms with E-state index in [0.29, 0.717) is 11.1 Å². The first-order valence-electron chi connectivity index (χ1n) is 3.93. The van der Waals surface area contributed by atoms with Gasteiger partial charge >= 0.3 is 5.97 Å². The van der Waals surface area contributed by atoms with E-state index in [1.807, 2.05) is 0 Å². The van der Waals surface area contributed by atoms with Crippen LogP contribution in [0.25, 0.3) is 0 Å². The van der Waals surface area contributed by atoms with Crippen molar-refractivity contribution in [3.8, 4) is 0 Å². The predicted molar refractivity (Wildman–Crippen MR) is 51.9 cm³/mol. The fourth-order valence-corrected chi connectivity index (χ4v) is 0.974. The van der Waals surface area contributed by atoms with Crippen molar-refractivity contribution in [2.45, 2.75) is 0 Å². The van der Waals surface area contributed by atoms with Gasteiger partial charge in [-0.3, -0.25) is 5.41 Å².